The van der Waals surface area contributed by atoms with Gasteiger partial charge in [0.05, 0.1) is 0 Å². The molecule has 0 rings (SSSR count). The van der Waals surface area contributed by atoms with Gasteiger partial charge in [0.2, 0.25) is 5.91 Å². The number of carbonyl (C=O) groups excluding carboxylic acids is 1. The summed E-state index contributed by atoms with van der Waals surface area (Å²) in [5, 5.41) is 0. The van der Waals surface area contributed by atoms with Gasteiger partial charge < -0.3 is 13.3 Å². The topological polar surface area (TPSA) is 57.1 Å². The third kappa shape index (κ3) is 7.56. The number of aliphatic imine (C=N–C) groups is 1. The molecule has 6 heteroatoms. The first kappa shape index (κ1) is 18.4. The molecule has 0 radical (unpaired) electrons. The van der Waals surface area contributed by atoms with Crippen molar-refractivity contribution < 1.29 is 18.1 Å². The smallest absolute Gasteiger partial charge is 0.374 e. The maximum Gasteiger partial charge on any atom is 0.501 e. The van der Waals surface area contributed by atoms with Crippen LogP contribution < -0.4 is 0 Å². The van der Waals surface area contributed by atoms with Crippen molar-refractivity contribution in [1.82, 2.24) is 0 Å². The molecule has 0 fully saturated rings. The Hall–Kier alpha value is -0.563. The van der Waals surface area contributed by atoms with Gasteiger partial charge in [-0.15, -0.1) is 0 Å². The Morgan fingerprint density at radius 1 is 1.00 bits per heavy atom. The van der Waals surface area contributed by atoms with Crippen LogP contribution in [0.25, 0.3) is 0 Å². The van der Waals surface area contributed by atoms with Crippen molar-refractivity contribution in [3.05, 3.63) is 0 Å². The van der Waals surface area contributed by atoms with Crippen LogP contribution in [0, 0.1) is 0 Å². The highest BCUT2D eigenvalue weighted by Crippen LogP contribution is 2.18. The van der Waals surface area contributed by atoms with Crippen molar-refractivity contribution in [3.63, 3.8) is 0 Å². The number of carbonyl (C=O) groups is 1. The van der Waals surface area contributed by atoms with E-state index in [-0.39, 0.29) is 5.91 Å². The van der Waals surface area contributed by atoms with E-state index in [0.717, 1.165) is 12.1 Å². The number of hydrogen-bond acceptors (Lipinski definition) is 4. The molecule has 0 N–H and O–H groups in total. The molecule has 0 aliphatic carbocycles. The minimum absolute atomic E-state index is 0.129. The molecule has 0 bridgehead atoms. The highest BCUT2D eigenvalue weighted by atomic mass is 28.4. The van der Waals surface area contributed by atoms with Gasteiger partial charge in [-0.2, -0.15) is 0 Å². The first-order chi connectivity index (χ1) is 9.03. The summed E-state index contributed by atoms with van der Waals surface area (Å²) in [6.07, 6.45) is 1.10. The van der Waals surface area contributed by atoms with Crippen LogP contribution in [0.1, 0.15) is 47.5 Å². The molecule has 19 heavy (non-hydrogen) atoms. The lowest BCUT2D eigenvalue weighted by Gasteiger charge is -2.28. The molecule has 0 aromatic heterocycles. The second-order valence-corrected chi connectivity index (χ2v) is 6.81. The third-order valence-electron chi connectivity index (χ3n) is 2.57. The largest absolute Gasteiger partial charge is 0.501 e. The van der Waals surface area contributed by atoms with Crippen LogP contribution in [-0.4, -0.2) is 40.2 Å². The summed E-state index contributed by atoms with van der Waals surface area (Å²) in [4.78, 5) is 15.8. The normalized spacial score (nSPS) is 12.8. The van der Waals surface area contributed by atoms with Crippen molar-refractivity contribution in [2.75, 3.05) is 19.8 Å². The van der Waals surface area contributed by atoms with E-state index >= 15 is 0 Å². The van der Waals surface area contributed by atoms with Gasteiger partial charge in [0.1, 0.15) is 0 Å². The quantitative estimate of drug-likeness (QED) is 0.458. The van der Waals surface area contributed by atoms with Gasteiger partial charge in [0.15, 0.2) is 0 Å². The average Bonchev–Trinajstić information content (AvgIpc) is 2.37. The Morgan fingerprint density at radius 2 is 1.47 bits per heavy atom. The number of amides is 1. The Bertz CT molecular complexity index is 277. The first-order valence-corrected chi connectivity index (χ1v) is 8.95. The zero-order valence-electron chi connectivity index (χ0n) is 12.8. The first-order valence-electron chi connectivity index (χ1n) is 7.02. The highest BCUT2D eigenvalue weighted by Gasteiger charge is 2.40. The monoisotopic (exact) mass is 289 g/mol. The zero-order chi connectivity index (χ0) is 14.7. The van der Waals surface area contributed by atoms with Crippen molar-refractivity contribution >= 4 is 20.4 Å². The van der Waals surface area contributed by atoms with E-state index in [0.29, 0.717) is 32.3 Å². The fourth-order valence-electron chi connectivity index (χ4n) is 1.61. The molecular formula is C13H27NO4Si. The molecule has 0 spiro atoms. The highest BCUT2D eigenvalue weighted by molar-refractivity contribution is 6.61. The predicted molar refractivity (Wildman–Crippen MR) is 78.5 cm³/mol. The maximum atomic E-state index is 11.7. The fourth-order valence-corrected chi connectivity index (χ4v) is 4.13. The average molecular weight is 289 g/mol. The van der Waals surface area contributed by atoms with E-state index in [2.05, 4.69) is 4.99 Å². The molecule has 0 saturated carbocycles. The van der Waals surface area contributed by atoms with Crippen molar-refractivity contribution in [2.24, 2.45) is 4.99 Å². The molecule has 0 atom stereocenters. The molecule has 0 aromatic rings. The van der Waals surface area contributed by atoms with Crippen LogP contribution in [0.2, 0.25) is 6.04 Å². The standard InChI is InChI=1S/C13H27NO4Si/c1-6-12(5)14-13(15)10-11-19(16-7-2,17-8-3)18-9-4/h6-11H2,1-5H3/b14-12+. The van der Waals surface area contributed by atoms with Crippen LogP contribution >= 0.6 is 0 Å². The number of hydrogen-bond donors (Lipinski definition) is 0. The van der Waals surface area contributed by atoms with Crippen LogP contribution in [0.15, 0.2) is 4.99 Å². The number of rotatable bonds is 10. The Morgan fingerprint density at radius 3 is 1.84 bits per heavy atom. The predicted octanol–water partition coefficient (Wildman–Crippen LogP) is 2.82. The van der Waals surface area contributed by atoms with Crippen LogP contribution in [0.3, 0.4) is 0 Å². The molecule has 1 amide bonds. The second kappa shape index (κ2) is 10.3. The molecule has 0 saturated heterocycles. The van der Waals surface area contributed by atoms with Gasteiger partial charge in [-0.05, 0) is 34.1 Å². The Kier molecular flexibility index (Phi) is 9.95. The van der Waals surface area contributed by atoms with Gasteiger partial charge in [-0.25, -0.2) is 4.99 Å². The summed E-state index contributed by atoms with van der Waals surface area (Å²) in [6, 6.07) is 0.488. The number of nitrogens with zero attached hydrogens (tertiary/aromatic N) is 1. The summed E-state index contributed by atoms with van der Waals surface area (Å²) < 4.78 is 17.1. The molecule has 0 unspecified atom stereocenters. The Balaban J connectivity index is 4.58. The summed E-state index contributed by atoms with van der Waals surface area (Å²) in [5.74, 6) is -0.129. The van der Waals surface area contributed by atoms with Crippen molar-refractivity contribution in [1.29, 1.82) is 0 Å². The third-order valence-corrected chi connectivity index (χ3v) is 5.61. The lowest BCUT2D eigenvalue weighted by atomic mass is 10.3. The van der Waals surface area contributed by atoms with Crippen LogP contribution in [0.5, 0.6) is 0 Å². The molecule has 0 heterocycles. The second-order valence-electron chi connectivity index (χ2n) is 4.08. The van der Waals surface area contributed by atoms with E-state index in [9.17, 15) is 4.79 Å². The van der Waals surface area contributed by atoms with Crippen LogP contribution in [-0.2, 0) is 18.1 Å². The van der Waals surface area contributed by atoms with Crippen molar-refractivity contribution in [3.8, 4) is 0 Å². The zero-order valence-corrected chi connectivity index (χ0v) is 13.8. The molecule has 5 nitrogen and oxygen atoms in total. The van der Waals surface area contributed by atoms with E-state index < -0.39 is 8.80 Å². The summed E-state index contributed by atoms with van der Waals surface area (Å²) in [5.41, 5.74) is 0.849. The Labute approximate surface area is 117 Å². The van der Waals surface area contributed by atoms with Crippen LogP contribution in [0.4, 0.5) is 0 Å². The molecule has 112 valence electrons. The minimum Gasteiger partial charge on any atom is -0.374 e. The van der Waals surface area contributed by atoms with Crippen molar-refractivity contribution in [2.45, 2.75) is 53.5 Å². The summed E-state index contributed by atoms with van der Waals surface area (Å²) >= 11 is 0. The molecular weight excluding hydrogens is 262 g/mol. The van der Waals surface area contributed by atoms with Gasteiger partial charge in [-0.1, -0.05) is 6.92 Å². The maximum absolute atomic E-state index is 11.7. The molecule has 0 aliphatic heterocycles. The van der Waals surface area contributed by atoms with E-state index in [1.807, 2.05) is 34.6 Å². The fraction of sp³-hybridized carbons (Fsp3) is 0.846. The summed E-state index contributed by atoms with van der Waals surface area (Å²) in [6.45, 7) is 11.1. The van der Waals surface area contributed by atoms with E-state index in [4.69, 9.17) is 13.3 Å². The molecule has 0 aromatic carbocycles. The SMILES string of the molecule is CCO[Si](CCC(=O)/N=C(\C)CC)(OCC)OCC. The van der Waals surface area contributed by atoms with Gasteiger partial charge in [-0.3, -0.25) is 4.79 Å². The molecule has 0 aliphatic rings. The van der Waals surface area contributed by atoms with Gasteiger partial charge >= 0.3 is 8.80 Å². The summed E-state index contributed by atoms with van der Waals surface area (Å²) in [7, 11) is -2.71. The lowest BCUT2D eigenvalue weighted by Crippen LogP contribution is -2.46. The minimum atomic E-state index is -2.71. The van der Waals surface area contributed by atoms with E-state index in [1.54, 1.807) is 0 Å². The van der Waals surface area contributed by atoms with Gasteiger partial charge in [0, 0.05) is 38.0 Å². The van der Waals surface area contributed by atoms with Gasteiger partial charge in [0.25, 0.3) is 0 Å². The lowest BCUT2D eigenvalue weighted by molar-refractivity contribution is -0.117. The van der Waals surface area contributed by atoms with E-state index in [1.165, 1.54) is 0 Å².